The second kappa shape index (κ2) is 5.80. The smallest absolute Gasteiger partial charge is 0.219 e. The van der Waals surface area contributed by atoms with Crippen LogP contribution in [0.5, 0.6) is 0 Å². The Labute approximate surface area is 116 Å². The van der Waals surface area contributed by atoms with Gasteiger partial charge in [-0.05, 0) is 39.5 Å². The number of carbonyl (C=O) groups is 1. The largest absolute Gasteiger partial charge is 0.375 e. The molecule has 0 aromatic rings. The van der Waals surface area contributed by atoms with Crippen LogP contribution < -0.4 is 11.1 Å². The van der Waals surface area contributed by atoms with E-state index in [0.29, 0.717) is 12.5 Å². The highest BCUT2D eigenvalue weighted by Crippen LogP contribution is 2.38. The number of rotatable bonds is 4. The number of nitrogens with one attached hydrogen (secondary N) is 1. The lowest BCUT2D eigenvalue weighted by atomic mass is 9.77. The SMILES string of the molecule is CC(C)(CC(N)=O)NC1CCOC2(CCCCC2)C1. The van der Waals surface area contributed by atoms with Gasteiger partial charge in [0.25, 0.3) is 0 Å². The highest BCUT2D eigenvalue weighted by molar-refractivity contribution is 5.75. The van der Waals surface area contributed by atoms with Gasteiger partial charge in [0.1, 0.15) is 0 Å². The van der Waals surface area contributed by atoms with Crippen LogP contribution in [0.3, 0.4) is 0 Å². The Morgan fingerprint density at radius 3 is 2.68 bits per heavy atom. The Morgan fingerprint density at radius 1 is 1.37 bits per heavy atom. The van der Waals surface area contributed by atoms with Crippen LogP contribution in [-0.2, 0) is 9.53 Å². The fraction of sp³-hybridized carbons (Fsp3) is 0.933. The van der Waals surface area contributed by atoms with E-state index in [-0.39, 0.29) is 17.0 Å². The van der Waals surface area contributed by atoms with Crippen molar-refractivity contribution in [2.45, 2.75) is 82.4 Å². The molecule has 4 heteroatoms. The molecule has 1 saturated heterocycles. The maximum absolute atomic E-state index is 11.1. The number of hydrogen-bond donors (Lipinski definition) is 2. The van der Waals surface area contributed by atoms with Crippen LogP contribution in [0.25, 0.3) is 0 Å². The van der Waals surface area contributed by atoms with Crippen LogP contribution in [0.15, 0.2) is 0 Å². The molecule has 2 aliphatic rings. The summed E-state index contributed by atoms with van der Waals surface area (Å²) in [5.74, 6) is -0.239. The van der Waals surface area contributed by atoms with Gasteiger partial charge >= 0.3 is 0 Å². The zero-order chi connectivity index (χ0) is 13.9. The van der Waals surface area contributed by atoms with Crippen molar-refractivity contribution in [1.29, 1.82) is 0 Å². The molecule has 3 N–H and O–H groups in total. The highest BCUT2D eigenvalue weighted by Gasteiger charge is 2.39. The molecule has 2 rings (SSSR count). The summed E-state index contributed by atoms with van der Waals surface area (Å²) >= 11 is 0. The molecule has 1 aliphatic heterocycles. The molecule has 1 amide bonds. The molecule has 0 aromatic heterocycles. The number of carbonyl (C=O) groups excluding carboxylic acids is 1. The maximum Gasteiger partial charge on any atom is 0.219 e. The standard InChI is InChI=1S/C15H28N2O2/c1-14(2,11-13(16)18)17-12-6-9-19-15(10-12)7-4-3-5-8-15/h12,17H,3-11H2,1-2H3,(H2,16,18). The number of amides is 1. The summed E-state index contributed by atoms with van der Waals surface area (Å²) in [4.78, 5) is 11.1. The predicted octanol–water partition coefficient (Wildman–Crippen LogP) is 2.11. The first-order chi connectivity index (χ1) is 8.91. The van der Waals surface area contributed by atoms with Gasteiger partial charge in [-0.25, -0.2) is 0 Å². The summed E-state index contributed by atoms with van der Waals surface area (Å²) in [5.41, 5.74) is 5.21. The van der Waals surface area contributed by atoms with Gasteiger partial charge in [0.2, 0.25) is 5.91 Å². The molecule has 19 heavy (non-hydrogen) atoms. The molecule has 1 spiro atoms. The molecule has 0 radical (unpaired) electrons. The Hall–Kier alpha value is -0.610. The lowest BCUT2D eigenvalue weighted by Gasteiger charge is -2.45. The number of hydrogen-bond acceptors (Lipinski definition) is 3. The average Bonchev–Trinajstić information content (AvgIpc) is 2.27. The van der Waals surface area contributed by atoms with E-state index in [9.17, 15) is 4.79 Å². The second-order valence-electron chi connectivity index (χ2n) is 6.95. The number of nitrogens with two attached hydrogens (primary N) is 1. The molecule has 1 atom stereocenters. The van der Waals surface area contributed by atoms with E-state index in [1.54, 1.807) is 0 Å². The predicted molar refractivity (Wildman–Crippen MR) is 75.8 cm³/mol. The number of primary amides is 1. The van der Waals surface area contributed by atoms with E-state index < -0.39 is 0 Å². The molecule has 0 aromatic carbocycles. The molecule has 1 unspecified atom stereocenters. The third-order valence-electron chi connectivity index (χ3n) is 4.47. The van der Waals surface area contributed by atoms with Gasteiger partial charge in [-0.1, -0.05) is 19.3 Å². The van der Waals surface area contributed by atoms with E-state index in [4.69, 9.17) is 10.5 Å². The summed E-state index contributed by atoms with van der Waals surface area (Å²) in [6, 6.07) is 0.446. The third-order valence-corrected chi connectivity index (χ3v) is 4.47. The van der Waals surface area contributed by atoms with Crippen LogP contribution in [-0.4, -0.2) is 29.7 Å². The van der Waals surface area contributed by atoms with Gasteiger partial charge in [-0.3, -0.25) is 4.79 Å². The molecular formula is C15H28N2O2. The summed E-state index contributed by atoms with van der Waals surface area (Å²) in [7, 11) is 0. The van der Waals surface area contributed by atoms with Crippen LogP contribution in [0.4, 0.5) is 0 Å². The van der Waals surface area contributed by atoms with Crippen molar-refractivity contribution < 1.29 is 9.53 Å². The van der Waals surface area contributed by atoms with Crippen molar-refractivity contribution in [3.05, 3.63) is 0 Å². The maximum atomic E-state index is 11.1. The number of ether oxygens (including phenoxy) is 1. The Kier molecular flexibility index (Phi) is 4.51. The summed E-state index contributed by atoms with van der Waals surface area (Å²) < 4.78 is 6.10. The van der Waals surface area contributed by atoms with Crippen molar-refractivity contribution in [3.63, 3.8) is 0 Å². The summed E-state index contributed by atoms with van der Waals surface area (Å²) in [5, 5.41) is 3.62. The van der Waals surface area contributed by atoms with E-state index in [2.05, 4.69) is 19.2 Å². The lowest BCUT2D eigenvalue weighted by molar-refractivity contribution is -0.120. The molecule has 2 fully saturated rings. The summed E-state index contributed by atoms with van der Waals surface area (Å²) in [6.45, 7) is 4.95. The minimum atomic E-state index is -0.239. The molecule has 1 aliphatic carbocycles. The quantitative estimate of drug-likeness (QED) is 0.821. The Bertz CT molecular complexity index is 317. The second-order valence-corrected chi connectivity index (χ2v) is 6.95. The fourth-order valence-corrected chi connectivity index (χ4v) is 3.73. The van der Waals surface area contributed by atoms with Gasteiger partial charge < -0.3 is 15.8 Å². The first-order valence-electron chi connectivity index (χ1n) is 7.61. The van der Waals surface area contributed by atoms with Gasteiger partial charge in [-0.15, -0.1) is 0 Å². The van der Waals surface area contributed by atoms with Crippen LogP contribution in [0, 0.1) is 0 Å². The molecule has 0 bridgehead atoms. The van der Waals surface area contributed by atoms with E-state index in [1.165, 1.54) is 32.1 Å². The van der Waals surface area contributed by atoms with E-state index >= 15 is 0 Å². The van der Waals surface area contributed by atoms with Crippen LogP contribution in [0.2, 0.25) is 0 Å². The van der Waals surface area contributed by atoms with Gasteiger partial charge in [0.15, 0.2) is 0 Å². The minimum absolute atomic E-state index is 0.108. The van der Waals surface area contributed by atoms with Crippen LogP contribution in [0.1, 0.15) is 65.2 Å². The first kappa shape index (κ1) is 14.8. The summed E-state index contributed by atoms with van der Waals surface area (Å²) in [6.07, 6.45) is 8.81. The first-order valence-corrected chi connectivity index (χ1v) is 7.61. The van der Waals surface area contributed by atoms with Crippen molar-refractivity contribution in [2.24, 2.45) is 5.73 Å². The highest BCUT2D eigenvalue weighted by atomic mass is 16.5. The average molecular weight is 268 g/mol. The van der Waals surface area contributed by atoms with E-state index in [1.807, 2.05) is 0 Å². The normalized spacial score (nSPS) is 27.4. The Morgan fingerprint density at radius 2 is 2.05 bits per heavy atom. The van der Waals surface area contributed by atoms with Gasteiger partial charge in [0.05, 0.1) is 5.60 Å². The Balaban J connectivity index is 1.92. The fourth-order valence-electron chi connectivity index (χ4n) is 3.73. The minimum Gasteiger partial charge on any atom is -0.375 e. The molecule has 1 saturated carbocycles. The van der Waals surface area contributed by atoms with Gasteiger partial charge in [0, 0.05) is 24.6 Å². The lowest BCUT2D eigenvalue weighted by Crippen LogP contribution is -2.54. The molecule has 4 nitrogen and oxygen atoms in total. The van der Waals surface area contributed by atoms with E-state index in [0.717, 1.165) is 19.4 Å². The topological polar surface area (TPSA) is 64.4 Å². The van der Waals surface area contributed by atoms with Crippen molar-refractivity contribution in [1.82, 2.24) is 5.32 Å². The monoisotopic (exact) mass is 268 g/mol. The van der Waals surface area contributed by atoms with Crippen molar-refractivity contribution >= 4 is 5.91 Å². The van der Waals surface area contributed by atoms with Crippen molar-refractivity contribution in [3.8, 4) is 0 Å². The van der Waals surface area contributed by atoms with Gasteiger partial charge in [-0.2, -0.15) is 0 Å². The van der Waals surface area contributed by atoms with Crippen LogP contribution >= 0.6 is 0 Å². The molecule has 110 valence electrons. The third kappa shape index (κ3) is 4.18. The van der Waals surface area contributed by atoms with Crippen molar-refractivity contribution in [2.75, 3.05) is 6.61 Å². The zero-order valence-corrected chi connectivity index (χ0v) is 12.3. The molecule has 1 heterocycles. The zero-order valence-electron chi connectivity index (χ0n) is 12.3. The molecular weight excluding hydrogens is 240 g/mol.